The van der Waals surface area contributed by atoms with Crippen LogP contribution in [-0.4, -0.2) is 12.6 Å². The van der Waals surface area contributed by atoms with E-state index < -0.39 is 11.7 Å². The molecule has 116 valence electrons. The summed E-state index contributed by atoms with van der Waals surface area (Å²) in [6, 6.07) is 4.82. The number of nitrogens with zero attached hydrogens (tertiary/aromatic N) is 1. The van der Waals surface area contributed by atoms with Gasteiger partial charge in [-0.05, 0) is 49.3 Å². The molecule has 21 heavy (non-hydrogen) atoms. The molecule has 0 N–H and O–H groups in total. The van der Waals surface area contributed by atoms with Gasteiger partial charge in [-0.3, -0.25) is 0 Å². The third-order valence-corrected chi connectivity index (χ3v) is 5.13. The maximum atomic E-state index is 13.4. The van der Waals surface area contributed by atoms with E-state index in [1.54, 1.807) is 12.1 Å². The first-order chi connectivity index (χ1) is 10.0. The minimum absolute atomic E-state index is 0.107. The number of alkyl halides is 4. The first-order valence-electron chi connectivity index (χ1n) is 7.53. The molecule has 2 fully saturated rings. The van der Waals surface area contributed by atoms with Gasteiger partial charge in [-0.15, -0.1) is 11.6 Å². The molecule has 0 aromatic heterocycles. The highest BCUT2D eigenvalue weighted by atomic mass is 35.5. The molecule has 1 aromatic carbocycles. The second-order valence-corrected chi connectivity index (χ2v) is 6.34. The Kier molecular flexibility index (Phi) is 4.08. The van der Waals surface area contributed by atoms with Gasteiger partial charge >= 0.3 is 6.18 Å². The lowest BCUT2D eigenvalue weighted by Gasteiger charge is -2.40. The summed E-state index contributed by atoms with van der Waals surface area (Å²) in [7, 11) is 0. The summed E-state index contributed by atoms with van der Waals surface area (Å²) in [4.78, 5) is 2.00. The molecule has 3 rings (SSSR count). The number of fused-ring (bicyclic) bond motifs is 1. The Balaban J connectivity index is 2.00. The molecule has 1 aromatic rings. The summed E-state index contributed by atoms with van der Waals surface area (Å²) in [5.41, 5.74) is 0.328. The molecule has 2 atom stereocenters. The van der Waals surface area contributed by atoms with Gasteiger partial charge in [-0.25, -0.2) is 0 Å². The van der Waals surface area contributed by atoms with Crippen LogP contribution in [0.15, 0.2) is 18.2 Å². The Hall–Kier alpha value is -0.900. The first kappa shape index (κ1) is 15.0. The average molecular weight is 318 g/mol. The summed E-state index contributed by atoms with van der Waals surface area (Å²) >= 11 is 5.70. The van der Waals surface area contributed by atoms with Gasteiger partial charge in [0.1, 0.15) is 0 Å². The zero-order valence-corrected chi connectivity index (χ0v) is 12.6. The fourth-order valence-corrected chi connectivity index (χ4v) is 4.06. The largest absolute Gasteiger partial charge is 0.418 e. The van der Waals surface area contributed by atoms with Crippen LogP contribution in [-0.2, 0) is 12.1 Å². The SMILES string of the molecule is FC(F)(F)c1cc(CCl)ccc1N1CCCC2CCCC21. The smallest absolute Gasteiger partial charge is 0.368 e. The van der Waals surface area contributed by atoms with Gasteiger partial charge in [0.05, 0.1) is 5.56 Å². The van der Waals surface area contributed by atoms with Crippen LogP contribution >= 0.6 is 11.6 Å². The minimum atomic E-state index is -4.33. The lowest BCUT2D eigenvalue weighted by molar-refractivity contribution is -0.137. The molecule has 1 saturated heterocycles. The Labute approximate surface area is 128 Å². The lowest BCUT2D eigenvalue weighted by atomic mass is 9.90. The van der Waals surface area contributed by atoms with Gasteiger partial charge in [0, 0.05) is 24.2 Å². The Morgan fingerprint density at radius 2 is 1.90 bits per heavy atom. The summed E-state index contributed by atoms with van der Waals surface area (Å²) in [5, 5.41) is 0. The van der Waals surface area contributed by atoms with E-state index in [1.165, 1.54) is 6.07 Å². The summed E-state index contributed by atoms with van der Waals surface area (Å²) in [6.07, 6.45) is 1.11. The van der Waals surface area contributed by atoms with Gasteiger partial charge < -0.3 is 4.90 Å². The molecule has 1 heterocycles. The van der Waals surface area contributed by atoms with Crippen molar-refractivity contribution in [3.63, 3.8) is 0 Å². The molecule has 0 radical (unpaired) electrons. The maximum Gasteiger partial charge on any atom is 0.418 e. The highest BCUT2D eigenvalue weighted by Gasteiger charge is 2.40. The van der Waals surface area contributed by atoms with Gasteiger partial charge in [0.25, 0.3) is 0 Å². The predicted molar refractivity (Wildman–Crippen MR) is 78.7 cm³/mol. The molecule has 1 aliphatic carbocycles. The third-order valence-electron chi connectivity index (χ3n) is 4.82. The van der Waals surface area contributed by atoms with Crippen LogP contribution in [0.5, 0.6) is 0 Å². The molecule has 0 spiro atoms. The first-order valence-corrected chi connectivity index (χ1v) is 8.07. The Morgan fingerprint density at radius 3 is 2.62 bits per heavy atom. The van der Waals surface area contributed by atoms with Crippen molar-refractivity contribution in [3.05, 3.63) is 29.3 Å². The van der Waals surface area contributed by atoms with Crippen molar-refractivity contribution in [1.29, 1.82) is 0 Å². The van der Waals surface area contributed by atoms with Crippen LogP contribution in [0.2, 0.25) is 0 Å². The highest BCUT2D eigenvalue weighted by Crippen LogP contribution is 2.44. The number of rotatable bonds is 2. The summed E-state index contributed by atoms with van der Waals surface area (Å²) < 4.78 is 40.2. The average Bonchev–Trinajstić information content (AvgIpc) is 2.94. The second kappa shape index (κ2) is 5.71. The van der Waals surface area contributed by atoms with E-state index in [4.69, 9.17) is 11.6 Å². The van der Waals surface area contributed by atoms with Crippen molar-refractivity contribution < 1.29 is 13.2 Å². The minimum Gasteiger partial charge on any atom is -0.368 e. The van der Waals surface area contributed by atoms with E-state index in [1.807, 2.05) is 4.90 Å². The highest BCUT2D eigenvalue weighted by molar-refractivity contribution is 6.17. The molecule has 2 aliphatic rings. The molecule has 0 bridgehead atoms. The third kappa shape index (κ3) is 2.87. The number of hydrogen-bond acceptors (Lipinski definition) is 1. The van der Waals surface area contributed by atoms with Gasteiger partial charge in [-0.2, -0.15) is 13.2 Å². The molecular formula is C16H19ClF3N. The van der Waals surface area contributed by atoms with Crippen molar-refractivity contribution in [1.82, 2.24) is 0 Å². The van der Waals surface area contributed by atoms with Crippen LogP contribution in [0.3, 0.4) is 0 Å². The standard InChI is InChI=1S/C16H19ClF3N/c17-10-11-6-7-15(13(9-11)16(18,19)20)21-8-2-4-12-3-1-5-14(12)21/h6-7,9,12,14H,1-5,8,10H2. The van der Waals surface area contributed by atoms with E-state index >= 15 is 0 Å². The molecule has 5 heteroatoms. The molecule has 1 saturated carbocycles. The normalized spacial score (nSPS) is 26.0. The van der Waals surface area contributed by atoms with Crippen molar-refractivity contribution in [2.45, 2.75) is 50.2 Å². The number of anilines is 1. The van der Waals surface area contributed by atoms with Crippen molar-refractivity contribution in [3.8, 4) is 0 Å². The van der Waals surface area contributed by atoms with E-state index in [0.717, 1.165) is 38.6 Å². The zero-order valence-electron chi connectivity index (χ0n) is 11.8. The lowest BCUT2D eigenvalue weighted by Crippen LogP contribution is -2.43. The fraction of sp³-hybridized carbons (Fsp3) is 0.625. The summed E-state index contributed by atoms with van der Waals surface area (Å²) in [6.45, 7) is 0.727. The Morgan fingerprint density at radius 1 is 1.14 bits per heavy atom. The van der Waals surface area contributed by atoms with Crippen LogP contribution in [0, 0.1) is 5.92 Å². The van der Waals surface area contributed by atoms with Crippen LogP contribution in [0.4, 0.5) is 18.9 Å². The van der Waals surface area contributed by atoms with Crippen molar-refractivity contribution in [2.24, 2.45) is 5.92 Å². The zero-order chi connectivity index (χ0) is 15.0. The molecular weight excluding hydrogens is 299 g/mol. The van der Waals surface area contributed by atoms with Crippen molar-refractivity contribution >= 4 is 17.3 Å². The van der Waals surface area contributed by atoms with Crippen LogP contribution in [0.1, 0.15) is 43.2 Å². The van der Waals surface area contributed by atoms with Gasteiger partial charge in [0.2, 0.25) is 0 Å². The van der Waals surface area contributed by atoms with E-state index in [0.29, 0.717) is 17.2 Å². The Bertz CT molecular complexity index is 515. The van der Waals surface area contributed by atoms with Gasteiger partial charge in [0.15, 0.2) is 0 Å². The quantitative estimate of drug-likeness (QED) is 0.676. The topological polar surface area (TPSA) is 3.24 Å². The second-order valence-electron chi connectivity index (χ2n) is 6.08. The summed E-state index contributed by atoms with van der Waals surface area (Å²) in [5.74, 6) is 0.669. The van der Waals surface area contributed by atoms with Crippen molar-refractivity contribution in [2.75, 3.05) is 11.4 Å². The molecule has 2 unspecified atom stereocenters. The number of piperidine rings is 1. The monoisotopic (exact) mass is 317 g/mol. The van der Waals surface area contributed by atoms with Gasteiger partial charge in [-0.1, -0.05) is 12.5 Å². The molecule has 0 amide bonds. The van der Waals surface area contributed by atoms with Crippen LogP contribution in [0.25, 0.3) is 0 Å². The van der Waals surface area contributed by atoms with E-state index in [-0.39, 0.29) is 11.9 Å². The number of halogens is 4. The van der Waals surface area contributed by atoms with E-state index in [9.17, 15) is 13.2 Å². The van der Waals surface area contributed by atoms with Crippen LogP contribution < -0.4 is 4.90 Å². The predicted octanol–water partition coefficient (Wildman–Crippen LogP) is 5.21. The maximum absolute atomic E-state index is 13.4. The molecule has 1 aliphatic heterocycles. The fourth-order valence-electron chi connectivity index (χ4n) is 3.90. The number of hydrogen-bond donors (Lipinski definition) is 0. The number of benzene rings is 1. The van der Waals surface area contributed by atoms with E-state index in [2.05, 4.69) is 0 Å². The molecule has 1 nitrogen and oxygen atoms in total.